The van der Waals surface area contributed by atoms with Gasteiger partial charge in [-0.25, -0.2) is 9.98 Å². The number of nitrogens with one attached hydrogen (secondary N) is 2. The van der Waals surface area contributed by atoms with Crippen molar-refractivity contribution < 1.29 is 0 Å². The molecule has 6 heteroatoms. The quantitative estimate of drug-likeness (QED) is 0.455. The Balaban J connectivity index is 1.35. The molecule has 0 atom stereocenters. The number of H-pyrrole nitrogens is 1. The molecule has 4 aromatic rings. The predicted molar refractivity (Wildman–Crippen MR) is 134 cm³/mol. The summed E-state index contributed by atoms with van der Waals surface area (Å²) in [5.41, 5.74) is 5.52. The van der Waals surface area contributed by atoms with Gasteiger partial charge in [0.15, 0.2) is 11.2 Å². The third-order valence-corrected chi connectivity index (χ3v) is 6.26. The van der Waals surface area contributed by atoms with Gasteiger partial charge in [0.1, 0.15) is 5.48 Å². The summed E-state index contributed by atoms with van der Waals surface area (Å²) in [4.78, 5) is 26.5. The molecule has 0 unspecified atom stereocenters. The zero-order valence-electron chi connectivity index (χ0n) is 19.0. The average Bonchev–Trinajstić information content (AvgIpc) is 2.80. The molecule has 0 saturated heterocycles. The van der Waals surface area contributed by atoms with Crippen LogP contribution in [0.1, 0.15) is 16.7 Å². The molecule has 0 saturated carbocycles. The second kappa shape index (κ2) is 8.64. The van der Waals surface area contributed by atoms with Gasteiger partial charge in [-0.1, -0.05) is 49.0 Å². The molecule has 1 aliphatic heterocycles. The van der Waals surface area contributed by atoms with E-state index in [1.54, 1.807) is 0 Å². The fraction of sp³-hybridized carbons (Fsp3) is 0.222. The monoisotopic (exact) mass is 437 g/mol. The first-order valence-electron chi connectivity index (χ1n) is 11.3. The number of rotatable bonds is 6. The highest BCUT2D eigenvalue weighted by atomic mass is 16.1. The van der Waals surface area contributed by atoms with E-state index in [-0.39, 0.29) is 5.56 Å². The number of fused-ring (bicyclic) bond motifs is 3. The van der Waals surface area contributed by atoms with Crippen LogP contribution >= 0.6 is 0 Å². The van der Waals surface area contributed by atoms with Crippen molar-refractivity contribution in [3.05, 3.63) is 92.5 Å². The Kier molecular flexibility index (Phi) is 5.52. The minimum Gasteiger partial charge on any atom is -0.321 e. The highest BCUT2D eigenvalue weighted by Crippen LogP contribution is 2.36. The average molecular weight is 438 g/mol. The maximum absolute atomic E-state index is 12.6. The molecule has 0 bridgehead atoms. The van der Waals surface area contributed by atoms with Gasteiger partial charge in [0.05, 0.1) is 11.4 Å². The van der Waals surface area contributed by atoms with Crippen molar-refractivity contribution in [3.63, 3.8) is 0 Å². The highest BCUT2D eigenvalue weighted by molar-refractivity contribution is 5.85. The Morgan fingerprint density at radius 1 is 1.03 bits per heavy atom. The molecule has 0 aliphatic carbocycles. The topological polar surface area (TPSA) is 73.4 Å². The number of hydrogen-bond acceptors (Lipinski definition) is 5. The molecule has 5 rings (SSSR count). The van der Waals surface area contributed by atoms with Crippen LogP contribution in [0.2, 0.25) is 0 Å². The molecule has 6 nitrogen and oxygen atoms in total. The molecule has 0 amide bonds. The molecule has 33 heavy (non-hydrogen) atoms. The summed E-state index contributed by atoms with van der Waals surface area (Å²) < 4.78 is 0. The van der Waals surface area contributed by atoms with Crippen LogP contribution in [0.4, 0.5) is 17.2 Å². The second-order valence-electron chi connectivity index (χ2n) is 8.51. The molecule has 0 fully saturated rings. The van der Waals surface area contributed by atoms with Crippen LogP contribution in [0.3, 0.4) is 0 Å². The minimum absolute atomic E-state index is 0.261. The van der Waals surface area contributed by atoms with Gasteiger partial charge in [-0.2, -0.15) is 0 Å². The molecule has 2 N–H and O–H groups in total. The van der Waals surface area contributed by atoms with Crippen molar-refractivity contribution in [1.29, 1.82) is 0 Å². The van der Waals surface area contributed by atoms with E-state index in [0.29, 0.717) is 23.2 Å². The van der Waals surface area contributed by atoms with Crippen molar-refractivity contribution in [2.24, 2.45) is 4.99 Å². The second-order valence-corrected chi connectivity index (χ2v) is 8.51. The number of aromatic amines is 1. The molecule has 0 spiro atoms. The minimum atomic E-state index is -0.261. The predicted octanol–water partition coefficient (Wildman–Crippen LogP) is 3.19. The maximum Gasteiger partial charge on any atom is 0.279 e. The molecular weight excluding hydrogens is 410 g/mol. The third kappa shape index (κ3) is 4.05. The lowest BCUT2D eigenvalue weighted by atomic mass is 10.0. The van der Waals surface area contributed by atoms with Crippen LogP contribution in [-0.2, 0) is 6.42 Å². The number of anilines is 2. The zero-order valence-corrected chi connectivity index (χ0v) is 19.0. The van der Waals surface area contributed by atoms with Gasteiger partial charge in [-0.3, -0.25) is 4.79 Å². The van der Waals surface area contributed by atoms with Gasteiger partial charge < -0.3 is 15.2 Å². The molecule has 1 aromatic heterocycles. The molecule has 2 heterocycles. The van der Waals surface area contributed by atoms with Gasteiger partial charge in [-0.15, -0.1) is 0 Å². The normalized spacial score (nSPS) is 12.4. The van der Waals surface area contributed by atoms with E-state index in [2.05, 4.69) is 94.1 Å². The van der Waals surface area contributed by atoms with Gasteiger partial charge in [0, 0.05) is 13.1 Å². The van der Waals surface area contributed by atoms with Crippen molar-refractivity contribution >= 4 is 34.5 Å². The number of aryl methyl sites for hydroxylation is 2. The summed E-state index contributed by atoms with van der Waals surface area (Å²) in [6, 6.07) is 19.1. The standard InChI is InChI=1S/C27H27N5O/c1-17-15-23-24(16-18(17)2)32(26-25(31-23)27(33)30-19(3)29-26)14-13-28-12-11-21-9-6-8-20-7-4-5-10-22(20)21/h4-10,15-16,28H,3,11-14H2,1-2H3,(H,30,33). The number of nitrogens with zero attached hydrogens (tertiary/aromatic N) is 3. The van der Waals surface area contributed by atoms with E-state index in [4.69, 9.17) is 0 Å². The summed E-state index contributed by atoms with van der Waals surface area (Å²) in [7, 11) is 0. The fourth-order valence-electron chi connectivity index (χ4n) is 4.39. The number of aromatic nitrogens is 2. The molecule has 0 radical (unpaired) electrons. The first kappa shape index (κ1) is 21.1. The Morgan fingerprint density at radius 2 is 1.82 bits per heavy atom. The SMILES string of the molecule is C=c1nc2c(c(=O)[nH]1)=Nc1cc(C)c(C)cc1N2CCNCCc1cccc2ccccc12. The summed E-state index contributed by atoms with van der Waals surface area (Å²) in [6.45, 7) is 10.3. The smallest absolute Gasteiger partial charge is 0.279 e. The lowest BCUT2D eigenvalue weighted by Crippen LogP contribution is -2.44. The highest BCUT2D eigenvalue weighted by Gasteiger charge is 2.23. The van der Waals surface area contributed by atoms with E-state index >= 15 is 0 Å². The zero-order chi connectivity index (χ0) is 22.9. The first-order chi connectivity index (χ1) is 16.0. The molecular formula is C27H27N5O. The van der Waals surface area contributed by atoms with Crippen molar-refractivity contribution in [1.82, 2.24) is 15.3 Å². The summed E-state index contributed by atoms with van der Waals surface area (Å²) in [5, 5.41) is 6.48. The van der Waals surface area contributed by atoms with E-state index in [1.807, 2.05) is 6.07 Å². The number of hydrogen-bond donors (Lipinski definition) is 2. The van der Waals surface area contributed by atoms with Crippen LogP contribution < -0.4 is 26.6 Å². The van der Waals surface area contributed by atoms with Crippen LogP contribution in [0.25, 0.3) is 17.4 Å². The van der Waals surface area contributed by atoms with Crippen LogP contribution in [-0.4, -0.2) is 29.6 Å². The lowest BCUT2D eigenvalue weighted by molar-refractivity contribution is 0.679. The maximum atomic E-state index is 12.6. The summed E-state index contributed by atoms with van der Waals surface area (Å²) in [5.74, 6) is 0.565. The Hall–Kier alpha value is -3.77. The van der Waals surface area contributed by atoms with Gasteiger partial charge in [0.25, 0.3) is 5.56 Å². The van der Waals surface area contributed by atoms with E-state index < -0.39 is 0 Å². The van der Waals surface area contributed by atoms with Gasteiger partial charge in [-0.05, 0) is 66.4 Å². The van der Waals surface area contributed by atoms with Crippen LogP contribution in [0.5, 0.6) is 0 Å². The van der Waals surface area contributed by atoms with E-state index in [0.717, 1.165) is 36.4 Å². The van der Waals surface area contributed by atoms with Crippen LogP contribution in [0.15, 0.2) is 64.4 Å². The fourth-order valence-corrected chi connectivity index (χ4v) is 4.39. The summed E-state index contributed by atoms with van der Waals surface area (Å²) in [6.07, 6.45) is 0.948. The van der Waals surface area contributed by atoms with E-state index in [1.165, 1.54) is 21.9 Å². The Morgan fingerprint density at radius 3 is 2.70 bits per heavy atom. The van der Waals surface area contributed by atoms with Crippen molar-refractivity contribution in [2.75, 3.05) is 24.5 Å². The summed E-state index contributed by atoms with van der Waals surface area (Å²) >= 11 is 0. The van der Waals surface area contributed by atoms with E-state index in [9.17, 15) is 4.79 Å². The van der Waals surface area contributed by atoms with Crippen LogP contribution in [0, 0.1) is 13.8 Å². The largest absolute Gasteiger partial charge is 0.321 e. The molecule has 1 aliphatic rings. The molecule has 3 aromatic carbocycles. The van der Waals surface area contributed by atoms with Gasteiger partial charge >= 0.3 is 0 Å². The third-order valence-electron chi connectivity index (χ3n) is 6.26. The lowest BCUT2D eigenvalue weighted by Gasteiger charge is -2.28. The van der Waals surface area contributed by atoms with Crippen molar-refractivity contribution in [3.8, 4) is 0 Å². The van der Waals surface area contributed by atoms with Gasteiger partial charge in [0.2, 0.25) is 0 Å². The number of benzene rings is 3. The van der Waals surface area contributed by atoms with Crippen molar-refractivity contribution in [2.45, 2.75) is 20.3 Å². The Labute approximate surface area is 192 Å². The Bertz CT molecular complexity index is 1520. The molecule has 166 valence electrons. The first-order valence-corrected chi connectivity index (χ1v) is 11.3.